The fraction of sp³-hybridized carbons (Fsp3) is 0.611. The number of imidazole rings is 1. The van der Waals surface area contributed by atoms with Crippen molar-refractivity contribution in [1.82, 2.24) is 30.4 Å². The highest BCUT2D eigenvalue weighted by atomic mass is 15.6. The van der Waals surface area contributed by atoms with Gasteiger partial charge in [0.2, 0.25) is 17.9 Å². The van der Waals surface area contributed by atoms with Crippen LogP contribution in [0, 0.1) is 0 Å². The molecule has 4 atom stereocenters. The number of hydrogen-bond acceptors (Lipinski definition) is 8. The molecule has 2 saturated heterocycles. The molecule has 0 amide bonds. The number of aromatic nitrogens is 2. The molecule has 0 aromatic carbocycles. The Morgan fingerprint density at radius 1 is 0.926 bits per heavy atom. The van der Waals surface area contributed by atoms with Crippen molar-refractivity contribution in [3.63, 3.8) is 0 Å². The predicted molar refractivity (Wildman–Crippen MR) is 103 cm³/mol. The third kappa shape index (κ3) is 1.78. The zero-order chi connectivity index (χ0) is 17.5. The van der Waals surface area contributed by atoms with E-state index in [9.17, 15) is 0 Å². The van der Waals surface area contributed by atoms with Gasteiger partial charge in [0, 0.05) is 13.1 Å². The summed E-state index contributed by atoms with van der Waals surface area (Å²) in [5.41, 5.74) is 2.25. The lowest BCUT2D eigenvalue weighted by molar-refractivity contribution is 0.321. The fourth-order valence-electron chi connectivity index (χ4n) is 5.45. The number of guanidine groups is 1. The van der Waals surface area contributed by atoms with Gasteiger partial charge in [-0.15, -0.1) is 0 Å². The van der Waals surface area contributed by atoms with Crippen molar-refractivity contribution in [3.8, 4) is 0 Å². The van der Waals surface area contributed by atoms with E-state index in [0.717, 1.165) is 69.1 Å². The molecule has 1 aromatic rings. The van der Waals surface area contributed by atoms with Crippen molar-refractivity contribution < 1.29 is 0 Å². The molecule has 4 unspecified atom stereocenters. The highest BCUT2D eigenvalue weighted by Crippen LogP contribution is 2.39. The van der Waals surface area contributed by atoms with Crippen molar-refractivity contribution >= 4 is 23.9 Å². The maximum atomic E-state index is 5.20. The number of nitrogens with zero attached hydrogens (tertiary/aromatic N) is 6. The van der Waals surface area contributed by atoms with E-state index in [1.54, 1.807) is 0 Å². The van der Waals surface area contributed by atoms with Crippen LogP contribution in [-0.2, 0) is 6.54 Å². The van der Waals surface area contributed by atoms with Crippen LogP contribution >= 0.6 is 0 Å². The molecule has 0 aliphatic carbocycles. The third-order valence-corrected chi connectivity index (χ3v) is 6.73. The van der Waals surface area contributed by atoms with Crippen LogP contribution in [0.2, 0.25) is 0 Å². The first-order valence-corrected chi connectivity index (χ1v) is 10.1. The first kappa shape index (κ1) is 14.6. The topological polar surface area (TPSA) is 85.1 Å². The number of rotatable bonds is 0. The van der Waals surface area contributed by atoms with Crippen molar-refractivity contribution in [2.45, 2.75) is 43.6 Å². The minimum atomic E-state index is 0.336. The molecule has 0 bridgehead atoms. The molecule has 3 N–H and O–H groups in total. The van der Waals surface area contributed by atoms with Gasteiger partial charge < -0.3 is 16.0 Å². The van der Waals surface area contributed by atoms with Gasteiger partial charge in [0.1, 0.15) is 0 Å². The van der Waals surface area contributed by atoms with Crippen molar-refractivity contribution in [2.24, 2.45) is 9.98 Å². The Balaban J connectivity index is 1.46. The van der Waals surface area contributed by atoms with Gasteiger partial charge in [0.05, 0.1) is 42.1 Å². The monoisotopic (exact) mass is 365 g/mol. The molecule has 9 heteroatoms. The molecular formula is C18H23N9. The van der Waals surface area contributed by atoms with E-state index in [0.29, 0.717) is 24.2 Å². The maximum Gasteiger partial charge on any atom is 0.220 e. The highest BCUT2D eigenvalue weighted by molar-refractivity contribution is 6.14. The number of fused-ring (bicyclic) bond motifs is 12. The lowest BCUT2D eigenvalue weighted by atomic mass is 10.0. The lowest BCUT2D eigenvalue weighted by Crippen LogP contribution is -2.62. The zero-order valence-corrected chi connectivity index (χ0v) is 15.1. The summed E-state index contributed by atoms with van der Waals surface area (Å²) >= 11 is 0. The zero-order valence-electron chi connectivity index (χ0n) is 15.1. The second-order valence-electron chi connectivity index (χ2n) is 8.15. The average molecular weight is 365 g/mol. The molecule has 0 radical (unpaired) electrons. The van der Waals surface area contributed by atoms with Crippen LogP contribution in [0.4, 0.5) is 5.95 Å². The first-order valence-electron chi connectivity index (χ1n) is 10.1. The normalized spacial score (nSPS) is 35.3. The Hall–Kier alpha value is -2.39. The summed E-state index contributed by atoms with van der Waals surface area (Å²) < 4.78 is 2.29. The summed E-state index contributed by atoms with van der Waals surface area (Å²) in [7, 11) is 0. The second-order valence-corrected chi connectivity index (χ2v) is 8.15. The smallest absolute Gasteiger partial charge is 0.220 e. The molecule has 1 aromatic heterocycles. The van der Waals surface area contributed by atoms with Crippen LogP contribution in [0.1, 0.15) is 24.2 Å². The lowest BCUT2D eigenvalue weighted by Gasteiger charge is -2.42. The molecular weight excluding hydrogens is 342 g/mol. The minimum absolute atomic E-state index is 0.336. The van der Waals surface area contributed by atoms with E-state index in [4.69, 9.17) is 15.0 Å². The molecule has 6 aliphatic rings. The number of piperidine rings is 2. The molecule has 27 heavy (non-hydrogen) atoms. The second kappa shape index (κ2) is 5.11. The Bertz CT molecular complexity index is 912. The largest absolute Gasteiger partial charge is 0.385 e. The summed E-state index contributed by atoms with van der Waals surface area (Å²) in [6.07, 6.45) is 6.22. The molecule has 140 valence electrons. The average Bonchev–Trinajstić information content (AvgIpc) is 3.38. The summed E-state index contributed by atoms with van der Waals surface area (Å²) in [6, 6.07) is 1.36. The minimum Gasteiger partial charge on any atom is -0.385 e. The van der Waals surface area contributed by atoms with Crippen LogP contribution < -0.4 is 20.9 Å². The predicted octanol–water partition coefficient (Wildman–Crippen LogP) is -0.873. The Labute approximate surface area is 157 Å². The van der Waals surface area contributed by atoms with Crippen LogP contribution in [0.15, 0.2) is 16.2 Å². The van der Waals surface area contributed by atoms with Crippen molar-refractivity contribution in [3.05, 3.63) is 17.6 Å². The van der Waals surface area contributed by atoms with Gasteiger partial charge in [0.15, 0.2) is 0 Å². The van der Waals surface area contributed by atoms with Crippen LogP contribution in [0.3, 0.4) is 0 Å². The molecule has 9 nitrogen and oxygen atoms in total. The SMILES string of the molecule is C1=Cc2nc3n(c2CN1)C1=NC2CCNCC2N1C1=NC2CCNCC2N13. The van der Waals surface area contributed by atoms with Crippen molar-refractivity contribution in [2.75, 3.05) is 31.1 Å². The molecule has 7 heterocycles. The Morgan fingerprint density at radius 2 is 1.67 bits per heavy atom. The highest BCUT2D eigenvalue weighted by Gasteiger charge is 2.53. The maximum absolute atomic E-state index is 5.20. The fourth-order valence-corrected chi connectivity index (χ4v) is 5.45. The van der Waals surface area contributed by atoms with E-state index in [1.807, 2.05) is 6.20 Å². The van der Waals surface area contributed by atoms with E-state index in [1.165, 1.54) is 5.69 Å². The van der Waals surface area contributed by atoms with Crippen LogP contribution in [-0.4, -0.2) is 76.7 Å². The van der Waals surface area contributed by atoms with E-state index in [2.05, 4.69) is 36.4 Å². The molecule has 2 fully saturated rings. The van der Waals surface area contributed by atoms with Crippen LogP contribution in [0.25, 0.3) is 6.08 Å². The van der Waals surface area contributed by atoms with E-state index < -0.39 is 0 Å². The Morgan fingerprint density at radius 3 is 2.48 bits per heavy atom. The summed E-state index contributed by atoms with van der Waals surface area (Å²) in [4.78, 5) is 20.2. The van der Waals surface area contributed by atoms with Gasteiger partial charge in [-0.2, -0.15) is 0 Å². The molecule has 7 rings (SSSR count). The summed E-state index contributed by atoms with van der Waals surface area (Å²) in [6.45, 7) is 4.78. The molecule has 0 spiro atoms. The molecule has 0 saturated carbocycles. The van der Waals surface area contributed by atoms with Gasteiger partial charge in [0.25, 0.3) is 0 Å². The van der Waals surface area contributed by atoms with Gasteiger partial charge >= 0.3 is 0 Å². The number of nitrogens with one attached hydrogen (secondary N) is 3. The third-order valence-electron chi connectivity index (χ3n) is 6.73. The summed E-state index contributed by atoms with van der Waals surface area (Å²) in [5.74, 6) is 3.08. The first-order chi connectivity index (χ1) is 13.4. The standard InChI is InChI=1S/C18H23N9/c1-4-19-7-13-10(1)22-16-25(13)17-23-12-3-6-21-9-15(12)27(17)18-24-11-2-5-20-8-14(11)26(16)18/h1,4,11-12,14-15,19-21H,2-3,5-9H2. The quantitative estimate of drug-likeness (QED) is 0.554. The van der Waals surface area contributed by atoms with Gasteiger partial charge in [-0.25, -0.2) is 19.5 Å². The molecule has 6 aliphatic heterocycles. The van der Waals surface area contributed by atoms with E-state index in [-0.39, 0.29) is 0 Å². The summed E-state index contributed by atoms with van der Waals surface area (Å²) in [5, 5.41) is 10.5. The number of anilines is 1. The van der Waals surface area contributed by atoms with Crippen molar-refractivity contribution in [1.29, 1.82) is 0 Å². The number of aliphatic imine (C=N–C) groups is 2. The number of hydrogen-bond donors (Lipinski definition) is 3. The van der Waals surface area contributed by atoms with Gasteiger partial charge in [-0.1, -0.05) is 0 Å². The Kier molecular flexibility index (Phi) is 2.77. The van der Waals surface area contributed by atoms with Gasteiger partial charge in [-0.05, 0) is 38.2 Å². The van der Waals surface area contributed by atoms with Crippen LogP contribution in [0.5, 0.6) is 0 Å². The van der Waals surface area contributed by atoms with Gasteiger partial charge in [-0.3, -0.25) is 9.80 Å². The van der Waals surface area contributed by atoms with E-state index >= 15 is 0 Å².